The van der Waals surface area contributed by atoms with E-state index in [9.17, 15) is 14.9 Å². The number of nitro benzene ring substituents is 1. The zero-order chi connectivity index (χ0) is 15.6. The molecule has 110 valence electrons. The third kappa shape index (κ3) is 2.81. The Morgan fingerprint density at radius 1 is 1.52 bits per heavy atom. The predicted molar refractivity (Wildman–Crippen MR) is 74.1 cm³/mol. The highest BCUT2D eigenvalue weighted by atomic mass is 79.9. The molecule has 0 atom stereocenters. The molecular weight excluding hydrogens is 348 g/mol. The first-order valence-electron chi connectivity index (χ1n) is 5.50. The van der Waals surface area contributed by atoms with Crippen molar-refractivity contribution in [3.05, 3.63) is 32.3 Å². The highest BCUT2D eigenvalue weighted by Gasteiger charge is 2.24. The summed E-state index contributed by atoms with van der Waals surface area (Å²) < 4.78 is 6.42. The number of tetrazole rings is 1. The Balaban J connectivity index is 2.38. The molecule has 0 aliphatic heterocycles. The number of nitrogens with zero attached hydrogens (tertiary/aromatic N) is 5. The molecule has 0 aliphatic rings. The van der Waals surface area contributed by atoms with Gasteiger partial charge in [0.1, 0.15) is 0 Å². The average molecular weight is 357 g/mol. The predicted octanol–water partition coefficient (Wildman–Crippen LogP) is 1.14. The normalized spacial score (nSPS) is 10.2. The van der Waals surface area contributed by atoms with Crippen molar-refractivity contribution < 1.29 is 14.5 Å². The third-order valence-electron chi connectivity index (χ3n) is 2.57. The van der Waals surface area contributed by atoms with Crippen LogP contribution in [0.25, 0.3) is 0 Å². The van der Waals surface area contributed by atoms with Gasteiger partial charge in [0.2, 0.25) is 11.7 Å². The van der Waals surface area contributed by atoms with E-state index in [1.165, 1.54) is 23.9 Å². The molecule has 0 fully saturated rings. The fourth-order valence-corrected chi connectivity index (χ4v) is 2.24. The van der Waals surface area contributed by atoms with Crippen molar-refractivity contribution in [2.24, 2.45) is 7.05 Å². The number of hydrogen-bond donors (Lipinski definition) is 1. The van der Waals surface area contributed by atoms with E-state index in [2.05, 4.69) is 36.8 Å². The van der Waals surface area contributed by atoms with Gasteiger partial charge >= 0.3 is 5.69 Å². The summed E-state index contributed by atoms with van der Waals surface area (Å²) in [6.45, 7) is 0. The van der Waals surface area contributed by atoms with Crippen LogP contribution < -0.4 is 10.1 Å². The van der Waals surface area contributed by atoms with Crippen molar-refractivity contribution >= 4 is 33.5 Å². The first-order chi connectivity index (χ1) is 9.95. The monoisotopic (exact) mass is 356 g/mol. The summed E-state index contributed by atoms with van der Waals surface area (Å²) in [5.74, 6) is -0.430. The fraction of sp³-hybridized carbons (Fsp3) is 0.200. The molecular formula is C10H9BrN6O4. The van der Waals surface area contributed by atoms with Gasteiger partial charge in [-0.05, 0) is 32.4 Å². The van der Waals surface area contributed by atoms with Crippen LogP contribution in [-0.2, 0) is 7.05 Å². The molecule has 2 aromatic rings. The lowest BCUT2D eigenvalue weighted by molar-refractivity contribution is -0.385. The topological polar surface area (TPSA) is 125 Å². The van der Waals surface area contributed by atoms with Gasteiger partial charge in [-0.15, -0.1) is 0 Å². The lowest BCUT2D eigenvalue weighted by atomic mass is 10.1. The Labute approximate surface area is 126 Å². The van der Waals surface area contributed by atoms with Crippen LogP contribution in [0.4, 0.5) is 11.6 Å². The molecule has 0 radical (unpaired) electrons. The number of halogens is 1. The van der Waals surface area contributed by atoms with Crippen LogP contribution in [0, 0.1) is 10.1 Å². The van der Waals surface area contributed by atoms with Gasteiger partial charge in [-0.25, -0.2) is 4.68 Å². The number of anilines is 1. The average Bonchev–Trinajstić information content (AvgIpc) is 2.83. The molecule has 1 heterocycles. The molecule has 0 unspecified atom stereocenters. The van der Waals surface area contributed by atoms with Crippen molar-refractivity contribution in [1.29, 1.82) is 0 Å². The van der Waals surface area contributed by atoms with E-state index in [-0.39, 0.29) is 27.4 Å². The van der Waals surface area contributed by atoms with Gasteiger partial charge in [-0.3, -0.25) is 20.2 Å². The molecule has 1 aromatic heterocycles. The molecule has 0 bridgehead atoms. The van der Waals surface area contributed by atoms with Crippen LogP contribution in [0.5, 0.6) is 5.75 Å². The second kappa shape index (κ2) is 5.83. The third-order valence-corrected chi connectivity index (χ3v) is 3.35. The van der Waals surface area contributed by atoms with Crippen molar-refractivity contribution in [2.45, 2.75) is 0 Å². The number of aromatic nitrogens is 4. The number of nitrogens with one attached hydrogen (secondary N) is 1. The summed E-state index contributed by atoms with van der Waals surface area (Å²) in [6.07, 6.45) is 0. The lowest BCUT2D eigenvalue weighted by Crippen LogP contribution is -2.16. The number of rotatable bonds is 4. The van der Waals surface area contributed by atoms with E-state index in [0.29, 0.717) is 0 Å². The summed E-state index contributed by atoms with van der Waals surface area (Å²) in [5, 5.41) is 23.9. The first-order valence-corrected chi connectivity index (χ1v) is 6.29. The van der Waals surface area contributed by atoms with Gasteiger partial charge in [-0.2, -0.15) is 0 Å². The number of methoxy groups -OCH3 is 1. The summed E-state index contributed by atoms with van der Waals surface area (Å²) in [6, 6.07) is 2.50. The molecule has 10 nitrogen and oxygen atoms in total. The molecule has 1 N–H and O–H groups in total. The summed E-state index contributed by atoms with van der Waals surface area (Å²) >= 11 is 3.14. The zero-order valence-electron chi connectivity index (χ0n) is 10.9. The van der Waals surface area contributed by atoms with Gasteiger partial charge in [-0.1, -0.05) is 5.10 Å². The smallest absolute Gasteiger partial charge is 0.312 e. The molecule has 1 amide bonds. The molecule has 0 saturated heterocycles. The number of ether oxygens (including phenoxy) is 1. The van der Waals surface area contributed by atoms with E-state index < -0.39 is 10.8 Å². The quantitative estimate of drug-likeness (QED) is 0.642. The minimum Gasteiger partial charge on any atom is -0.489 e. The first kappa shape index (κ1) is 14.8. The van der Waals surface area contributed by atoms with Crippen LogP contribution >= 0.6 is 15.9 Å². The van der Waals surface area contributed by atoms with E-state index in [1.54, 1.807) is 7.05 Å². The van der Waals surface area contributed by atoms with Crippen molar-refractivity contribution in [3.63, 3.8) is 0 Å². The van der Waals surface area contributed by atoms with Crippen molar-refractivity contribution in [1.82, 2.24) is 20.2 Å². The maximum Gasteiger partial charge on any atom is 0.312 e. The van der Waals surface area contributed by atoms with Crippen molar-refractivity contribution in [2.75, 3.05) is 12.4 Å². The van der Waals surface area contributed by atoms with Gasteiger partial charge in [0, 0.05) is 13.1 Å². The molecule has 0 spiro atoms. The van der Waals surface area contributed by atoms with Crippen LogP contribution in [-0.4, -0.2) is 38.1 Å². The van der Waals surface area contributed by atoms with E-state index in [1.807, 2.05) is 0 Å². The van der Waals surface area contributed by atoms with Crippen LogP contribution in [0.1, 0.15) is 10.4 Å². The maximum absolute atomic E-state index is 12.2. The summed E-state index contributed by atoms with van der Waals surface area (Å²) in [4.78, 5) is 22.4. The van der Waals surface area contributed by atoms with E-state index in [4.69, 9.17) is 4.74 Å². The Morgan fingerprint density at radius 2 is 2.24 bits per heavy atom. The number of hydrogen-bond acceptors (Lipinski definition) is 7. The number of carbonyl (C=O) groups is 1. The Bertz CT molecular complexity index is 716. The largest absolute Gasteiger partial charge is 0.489 e. The zero-order valence-corrected chi connectivity index (χ0v) is 12.5. The Morgan fingerprint density at radius 3 is 2.76 bits per heavy atom. The van der Waals surface area contributed by atoms with Gasteiger partial charge in [0.05, 0.1) is 22.1 Å². The molecule has 11 heteroatoms. The second-order valence-corrected chi connectivity index (χ2v) is 4.61. The number of amides is 1. The summed E-state index contributed by atoms with van der Waals surface area (Å²) in [7, 11) is 2.84. The van der Waals surface area contributed by atoms with E-state index in [0.717, 1.165) is 0 Å². The highest BCUT2D eigenvalue weighted by molar-refractivity contribution is 9.10. The molecule has 0 saturated carbocycles. The number of nitro groups is 1. The second-order valence-electron chi connectivity index (χ2n) is 3.82. The minimum absolute atomic E-state index is 0.0382. The minimum atomic E-state index is -0.599. The van der Waals surface area contributed by atoms with Gasteiger partial charge < -0.3 is 4.74 Å². The standard InChI is InChI=1S/C10H9BrN6O4/c1-16-10(13-14-15-16)12-9(18)5-3-4-6(17(19)20)8(21-2)7(5)11/h3-4H,1-2H3,(H,12,13,15,18). The van der Waals surface area contributed by atoms with Crippen LogP contribution in [0.15, 0.2) is 16.6 Å². The highest BCUT2D eigenvalue weighted by Crippen LogP contribution is 2.37. The van der Waals surface area contributed by atoms with Gasteiger partial charge in [0.15, 0.2) is 0 Å². The molecule has 1 aromatic carbocycles. The Hall–Kier alpha value is -2.56. The molecule has 0 aliphatic carbocycles. The molecule has 21 heavy (non-hydrogen) atoms. The fourth-order valence-electron chi connectivity index (χ4n) is 1.56. The Kier molecular flexibility index (Phi) is 4.12. The number of aryl methyl sites for hydroxylation is 1. The van der Waals surface area contributed by atoms with E-state index >= 15 is 0 Å². The maximum atomic E-state index is 12.2. The SMILES string of the molecule is COc1c([N+](=O)[O-])ccc(C(=O)Nc2nnnn2C)c1Br. The van der Waals surface area contributed by atoms with Gasteiger partial charge in [0.25, 0.3) is 5.91 Å². The summed E-state index contributed by atoms with van der Waals surface area (Å²) in [5.41, 5.74) is -0.0956. The van der Waals surface area contributed by atoms with Crippen LogP contribution in [0.2, 0.25) is 0 Å². The number of carbonyl (C=O) groups excluding carboxylic acids is 1. The van der Waals surface area contributed by atoms with Crippen molar-refractivity contribution in [3.8, 4) is 5.75 Å². The number of benzene rings is 1. The van der Waals surface area contributed by atoms with Crippen LogP contribution in [0.3, 0.4) is 0 Å². The lowest BCUT2D eigenvalue weighted by Gasteiger charge is -2.09. The molecule has 2 rings (SSSR count).